The largest absolute Gasteiger partial charge is 0.262 e. The zero-order valence-electron chi connectivity index (χ0n) is 7.52. The zero-order chi connectivity index (χ0) is 8.27. The van der Waals surface area contributed by atoms with Crippen molar-refractivity contribution in [3.05, 3.63) is 22.9 Å². The van der Waals surface area contributed by atoms with Gasteiger partial charge in [-0.15, -0.1) is 0 Å². The van der Waals surface area contributed by atoms with E-state index in [-0.39, 0.29) is 0 Å². The van der Waals surface area contributed by atoms with Crippen molar-refractivity contribution in [3.63, 3.8) is 0 Å². The van der Waals surface area contributed by atoms with E-state index in [9.17, 15) is 0 Å². The third kappa shape index (κ3) is 2.04. The Bertz CT molecular complexity index is 231. The smallest absolute Gasteiger partial charge is 0.0365 e. The van der Waals surface area contributed by atoms with Crippen molar-refractivity contribution in [1.82, 2.24) is 0 Å². The molecule has 0 atom stereocenters. The van der Waals surface area contributed by atoms with E-state index in [2.05, 4.69) is 31.8 Å². The molecule has 1 heteroatoms. The molecule has 0 fully saturated rings. The summed E-state index contributed by atoms with van der Waals surface area (Å²) in [5.74, 6) is 0. The van der Waals surface area contributed by atoms with Crippen LogP contribution < -0.4 is 0 Å². The van der Waals surface area contributed by atoms with E-state index in [1.807, 2.05) is 6.21 Å². The van der Waals surface area contributed by atoms with Crippen molar-refractivity contribution in [1.29, 1.82) is 0 Å². The third-order valence-corrected chi connectivity index (χ3v) is 2.14. The Kier molecular flexibility index (Phi) is 2.64. The summed E-state index contributed by atoms with van der Waals surface area (Å²) in [4.78, 5) is 4.28. The van der Waals surface area contributed by atoms with Gasteiger partial charge in [-0.2, -0.15) is 0 Å². The standard InChI is InChI=1S/C10H15N/c1-4-10-5-6-11-9(3)8(2)7-10/h5-6H,4,7H2,1-3H3. The minimum atomic E-state index is 1.10. The van der Waals surface area contributed by atoms with Crippen molar-refractivity contribution in [2.45, 2.75) is 33.6 Å². The number of rotatable bonds is 1. The molecule has 1 aliphatic rings. The Hall–Kier alpha value is -0.850. The Morgan fingerprint density at radius 2 is 2.18 bits per heavy atom. The van der Waals surface area contributed by atoms with Gasteiger partial charge in [-0.3, -0.25) is 4.99 Å². The summed E-state index contributed by atoms with van der Waals surface area (Å²) in [6.07, 6.45) is 6.27. The summed E-state index contributed by atoms with van der Waals surface area (Å²) >= 11 is 0. The molecule has 0 radical (unpaired) electrons. The number of allylic oxidation sites excluding steroid dienone is 4. The normalized spacial score (nSPS) is 18.3. The fourth-order valence-electron chi connectivity index (χ4n) is 1.13. The van der Waals surface area contributed by atoms with E-state index >= 15 is 0 Å². The Balaban J connectivity index is 2.84. The van der Waals surface area contributed by atoms with Crippen LogP contribution in [0.1, 0.15) is 33.6 Å². The summed E-state index contributed by atoms with van der Waals surface area (Å²) in [6.45, 7) is 6.41. The van der Waals surface area contributed by atoms with E-state index in [4.69, 9.17) is 0 Å². The Morgan fingerprint density at radius 1 is 1.45 bits per heavy atom. The Morgan fingerprint density at radius 3 is 2.82 bits per heavy atom. The quantitative estimate of drug-likeness (QED) is 0.543. The molecule has 0 aromatic carbocycles. The molecule has 0 spiro atoms. The first kappa shape index (κ1) is 8.25. The Labute approximate surface area is 68.5 Å². The van der Waals surface area contributed by atoms with Crippen LogP contribution >= 0.6 is 0 Å². The van der Waals surface area contributed by atoms with E-state index < -0.39 is 0 Å². The average molecular weight is 149 g/mol. The van der Waals surface area contributed by atoms with Gasteiger partial charge in [0.2, 0.25) is 0 Å². The number of aliphatic imine (C=N–C) groups is 1. The molecule has 1 aliphatic heterocycles. The SMILES string of the molecule is CCC1=CC=NC(C)=C(C)C1. The predicted molar refractivity (Wildman–Crippen MR) is 49.9 cm³/mol. The molecule has 1 rings (SSSR count). The van der Waals surface area contributed by atoms with Crippen LogP contribution in [0.2, 0.25) is 0 Å². The molecule has 1 nitrogen and oxygen atoms in total. The maximum absolute atomic E-state index is 4.28. The predicted octanol–water partition coefficient (Wildman–Crippen LogP) is 3.09. The maximum Gasteiger partial charge on any atom is 0.0365 e. The number of hydrogen-bond donors (Lipinski definition) is 0. The highest BCUT2D eigenvalue weighted by atomic mass is 14.7. The molecule has 0 unspecified atom stereocenters. The number of hydrogen-bond acceptors (Lipinski definition) is 1. The van der Waals surface area contributed by atoms with Gasteiger partial charge in [-0.05, 0) is 38.3 Å². The molecular formula is C10H15N. The molecule has 0 saturated heterocycles. The lowest BCUT2D eigenvalue weighted by Gasteiger charge is -2.02. The van der Waals surface area contributed by atoms with Crippen molar-refractivity contribution < 1.29 is 0 Å². The van der Waals surface area contributed by atoms with E-state index in [0.717, 1.165) is 12.8 Å². The van der Waals surface area contributed by atoms with Crippen LogP contribution in [0.25, 0.3) is 0 Å². The summed E-state index contributed by atoms with van der Waals surface area (Å²) in [7, 11) is 0. The number of nitrogens with zero attached hydrogens (tertiary/aromatic N) is 1. The zero-order valence-corrected chi connectivity index (χ0v) is 7.52. The van der Waals surface area contributed by atoms with Crippen molar-refractivity contribution in [2.75, 3.05) is 0 Å². The van der Waals surface area contributed by atoms with E-state index in [0.29, 0.717) is 0 Å². The minimum Gasteiger partial charge on any atom is -0.262 e. The van der Waals surface area contributed by atoms with Crippen LogP contribution in [0.4, 0.5) is 0 Å². The van der Waals surface area contributed by atoms with Gasteiger partial charge in [-0.1, -0.05) is 12.5 Å². The molecule has 1 heterocycles. The first-order valence-electron chi connectivity index (χ1n) is 4.12. The summed E-state index contributed by atoms with van der Waals surface area (Å²) in [6, 6.07) is 0. The first-order chi connectivity index (χ1) is 5.24. The molecular weight excluding hydrogens is 134 g/mol. The lowest BCUT2D eigenvalue weighted by Crippen LogP contribution is -1.83. The second-order valence-electron chi connectivity index (χ2n) is 3.00. The fraction of sp³-hybridized carbons (Fsp3) is 0.500. The average Bonchev–Trinajstić information content (AvgIpc) is 2.15. The van der Waals surface area contributed by atoms with Gasteiger partial charge >= 0.3 is 0 Å². The minimum absolute atomic E-state index is 1.10. The van der Waals surface area contributed by atoms with Crippen LogP contribution in [-0.2, 0) is 0 Å². The van der Waals surface area contributed by atoms with Gasteiger partial charge < -0.3 is 0 Å². The highest BCUT2D eigenvalue weighted by Crippen LogP contribution is 2.19. The lowest BCUT2D eigenvalue weighted by atomic mass is 10.0. The van der Waals surface area contributed by atoms with Crippen LogP contribution in [-0.4, -0.2) is 6.21 Å². The molecule has 0 bridgehead atoms. The summed E-state index contributed by atoms with van der Waals surface area (Å²) in [5, 5.41) is 0. The topological polar surface area (TPSA) is 12.4 Å². The van der Waals surface area contributed by atoms with Gasteiger partial charge in [0.15, 0.2) is 0 Å². The molecule has 0 N–H and O–H groups in total. The molecule has 0 saturated carbocycles. The van der Waals surface area contributed by atoms with Crippen molar-refractivity contribution >= 4 is 6.21 Å². The van der Waals surface area contributed by atoms with Gasteiger partial charge in [0.25, 0.3) is 0 Å². The van der Waals surface area contributed by atoms with Crippen LogP contribution in [0.5, 0.6) is 0 Å². The molecule has 0 aliphatic carbocycles. The molecule has 60 valence electrons. The van der Waals surface area contributed by atoms with Crippen molar-refractivity contribution in [3.8, 4) is 0 Å². The van der Waals surface area contributed by atoms with E-state index in [1.54, 1.807) is 0 Å². The molecule has 0 aromatic rings. The lowest BCUT2D eigenvalue weighted by molar-refractivity contribution is 0.978. The van der Waals surface area contributed by atoms with Gasteiger partial charge in [0, 0.05) is 11.9 Å². The van der Waals surface area contributed by atoms with Crippen LogP contribution in [0, 0.1) is 0 Å². The molecule has 0 aromatic heterocycles. The maximum atomic E-state index is 4.28. The second-order valence-corrected chi connectivity index (χ2v) is 3.00. The molecule has 0 amide bonds. The molecule has 11 heavy (non-hydrogen) atoms. The van der Waals surface area contributed by atoms with Gasteiger partial charge in [0.05, 0.1) is 0 Å². The third-order valence-electron chi connectivity index (χ3n) is 2.14. The second kappa shape index (κ2) is 3.51. The van der Waals surface area contributed by atoms with Crippen LogP contribution in [0.15, 0.2) is 27.9 Å². The fourth-order valence-corrected chi connectivity index (χ4v) is 1.13. The first-order valence-corrected chi connectivity index (χ1v) is 4.12. The summed E-state index contributed by atoms with van der Waals surface area (Å²) < 4.78 is 0. The monoisotopic (exact) mass is 149 g/mol. The van der Waals surface area contributed by atoms with Crippen LogP contribution in [0.3, 0.4) is 0 Å². The van der Waals surface area contributed by atoms with Crippen molar-refractivity contribution in [2.24, 2.45) is 4.99 Å². The van der Waals surface area contributed by atoms with E-state index in [1.165, 1.54) is 16.8 Å². The van der Waals surface area contributed by atoms with Gasteiger partial charge in [-0.25, -0.2) is 0 Å². The highest BCUT2D eigenvalue weighted by molar-refractivity contribution is 5.74. The summed E-state index contributed by atoms with van der Waals surface area (Å²) in [5.41, 5.74) is 4.04. The van der Waals surface area contributed by atoms with Gasteiger partial charge in [0.1, 0.15) is 0 Å². The highest BCUT2D eigenvalue weighted by Gasteiger charge is 2.01.